The summed E-state index contributed by atoms with van der Waals surface area (Å²) in [4.78, 5) is 35.1. The smallest absolute Gasteiger partial charge is 0.156 e. The van der Waals surface area contributed by atoms with Gasteiger partial charge in [0.2, 0.25) is 0 Å². The molecule has 11 heteroatoms. The molecule has 0 aliphatic carbocycles. The Morgan fingerprint density at radius 1 is 0.460 bits per heavy atom. The molecule has 4 aromatic carbocycles. The van der Waals surface area contributed by atoms with E-state index in [1.807, 2.05) is 105 Å². The van der Waals surface area contributed by atoms with Crippen molar-refractivity contribution in [2.75, 3.05) is 5.32 Å². The molecule has 0 spiro atoms. The van der Waals surface area contributed by atoms with E-state index in [4.69, 9.17) is 22.3 Å². The van der Waals surface area contributed by atoms with Crippen LogP contribution in [0.2, 0.25) is 5.15 Å². The van der Waals surface area contributed by atoms with E-state index >= 15 is 0 Å². The number of aromatic nitrogens is 8. The molecule has 63 heavy (non-hydrogen) atoms. The molecule has 6 aromatic heterocycles. The first-order valence-electron chi connectivity index (χ1n) is 20.4. The van der Waals surface area contributed by atoms with Crippen molar-refractivity contribution in [3.8, 4) is 44.8 Å². The summed E-state index contributed by atoms with van der Waals surface area (Å²) in [6.07, 6.45) is 10.6. The van der Waals surface area contributed by atoms with Gasteiger partial charge in [0.25, 0.3) is 0 Å². The Morgan fingerprint density at radius 2 is 0.937 bits per heavy atom. The van der Waals surface area contributed by atoms with Gasteiger partial charge in [0.05, 0.1) is 34.8 Å². The maximum Gasteiger partial charge on any atom is 0.156 e. The number of halogens is 1. The van der Waals surface area contributed by atoms with Gasteiger partial charge in [0.15, 0.2) is 11.0 Å². The number of hydrogen-bond acceptors (Lipinski definition) is 10. The highest BCUT2D eigenvalue weighted by Gasteiger charge is 2.09. The Bertz CT molecular complexity index is 3080. The van der Waals surface area contributed by atoms with E-state index in [9.17, 15) is 0 Å². The molecule has 308 valence electrons. The third kappa shape index (κ3) is 10.8. The third-order valence-electron chi connectivity index (χ3n) is 10.1. The lowest BCUT2D eigenvalue weighted by Gasteiger charge is -2.10. The number of pyridine rings is 4. The monoisotopic (exact) mass is 842 g/mol. The fourth-order valence-electron chi connectivity index (χ4n) is 6.77. The molecular weight excluding hydrogens is 800 g/mol. The first-order valence-corrected chi connectivity index (χ1v) is 20.8. The Balaban J connectivity index is 0.000000143. The first-order chi connectivity index (χ1) is 30.9. The Morgan fingerprint density at radius 3 is 1.46 bits per heavy atom. The number of benzene rings is 4. The number of anilines is 1. The highest BCUT2D eigenvalue weighted by atomic mass is 35.5. The molecule has 0 fully saturated rings. The van der Waals surface area contributed by atoms with Gasteiger partial charge in [-0.2, -0.15) is 0 Å². The minimum absolute atomic E-state index is 0.384. The van der Waals surface area contributed by atoms with Gasteiger partial charge >= 0.3 is 0 Å². The van der Waals surface area contributed by atoms with Crippen molar-refractivity contribution in [1.82, 2.24) is 39.9 Å². The Hall–Kier alpha value is -7.79. The van der Waals surface area contributed by atoms with E-state index in [-0.39, 0.29) is 0 Å². The highest BCUT2D eigenvalue weighted by Crippen LogP contribution is 2.25. The highest BCUT2D eigenvalue weighted by molar-refractivity contribution is 6.33. The number of fused-ring (bicyclic) bond motifs is 2. The van der Waals surface area contributed by atoms with Crippen LogP contribution in [0.25, 0.3) is 66.8 Å². The van der Waals surface area contributed by atoms with Gasteiger partial charge in [-0.25, -0.2) is 29.9 Å². The van der Waals surface area contributed by atoms with Crippen molar-refractivity contribution in [3.63, 3.8) is 0 Å². The molecule has 0 bridgehead atoms. The van der Waals surface area contributed by atoms with E-state index in [0.717, 1.165) is 61.8 Å². The molecule has 0 unspecified atom stereocenters. The summed E-state index contributed by atoms with van der Waals surface area (Å²) in [5.74, 6) is 0.735. The molecule has 0 aliphatic heterocycles. The first kappa shape index (κ1) is 41.9. The van der Waals surface area contributed by atoms with Gasteiger partial charge in [-0.3, -0.25) is 9.97 Å². The second-order valence-corrected chi connectivity index (χ2v) is 14.9. The predicted octanol–water partition coefficient (Wildman–Crippen LogP) is 11.5. The van der Waals surface area contributed by atoms with Crippen LogP contribution in [0.3, 0.4) is 0 Å². The van der Waals surface area contributed by atoms with Crippen LogP contribution < -0.4 is 11.1 Å². The molecule has 3 N–H and O–H groups in total. The number of nitrogens with one attached hydrogen (secondary N) is 1. The normalized spacial score (nSPS) is 10.7. The fourth-order valence-corrected chi connectivity index (χ4v) is 6.97. The average molecular weight is 843 g/mol. The summed E-state index contributed by atoms with van der Waals surface area (Å²) >= 11 is 5.94. The molecule has 10 nitrogen and oxygen atoms in total. The molecule has 0 aliphatic rings. The maximum absolute atomic E-state index is 5.94. The second-order valence-electron chi connectivity index (χ2n) is 14.6. The number of aryl methyl sites for hydroxylation is 2. The largest absolute Gasteiger partial charge is 0.364 e. The van der Waals surface area contributed by atoms with Crippen molar-refractivity contribution in [1.29, 1.82) is 0 Å². The van der Waals surface area contributed by atoms with Crippen molar-refractivity contribution >= 4 is 39.5 Å². The van der Waals surface area contributed by atoms with Crippen molar-refractivity contribution in [3.05, 3.63) is 210 Å². The Labute approximate surface area is 371 Å². The number of nitrogens with two attached hydrogens (primary N) is 1. The van der Waals surface area contributed by atoms with Crippen LogP contribution in [0, 0.1) is 13.8 Å². The van der Waals surface area contributed by atoms with E-state index in [0.29, 0.717) is 23.8 Å². The molecule has 0 amide bonds. The Kier molecular flexibility index (Phi) is 13.4. The van der Waals surface area contributed by atoms with Crippen LogP contribution in [0.1, 0.15) is 22.5 Å². The van der Waals surface area contributed by atoms with Crippen molar-refractivity contribution in [2.45, 2.75) is 26.9 Å². The van der Waals surface area contributed by atoms with Crippen LogP contribution in [-0.4, -0.2) is 39.9 Å². The van der Waals surface area contributed by atoms with Crippen LogP contribution in [0.15, 0.2) is 183 Å². The summed E-state index contributed by atoms with van der Waals surface area (Å²) in [5.41, 5.74) is 21.4. The lowest BCUT2D eigenvalue weighted by Crippen LogP contribution is -2.03. The summed E-state index contributed by atoms with van der Waals surface area (Å²) in [5, 5.41) is 3.79. The van der Waals surface area contributed by atoms with Crippen molar-refractivity contribution in [2.24, 2.45) is 5.73 Å². The molecule has 0 saturated heterocycles. The van der Waals surface area contributed by atoms with Gasteiger partial charge in [0, 0.05) is 60.4 Å². The molecule has 6 heterocycles. The van der Waals surface area contributed by atoms with E-state index < -0.39 is 0 Å². The minimum atomic E-state index is 0.384. The summed E-state index contributed by atoms with van der Waals surface area (Å²) in [6.45, 7) is 5.25. The zero-order valence-corrected chi connectivity index (χ0v) is 35.5. The standard InChI is InChI=1S/C26H21N5.C13H8ClN3.C13H14N2/c1-18-15-22(11-13-27-18)20-9-7-19(8-10-20)16-30-26-25-23(12-14-28-26)31-24(17-29-25)21-5-3-2-4-6-21;14-13-12-10(6-7-15-13)17-11(8-16-12)9-4-2-1-3-5-9;1-10-8-13(6-7-15-10)12-4-2-11(9-14)3-5-12/h2-15,17H,16H2,1H3,(H,28,30);1-8H;2-8H,9,14H2,1H3. The van der Waals surface area contributed by atoms with Gasteiger partial charge in [-0.15, -0.1) is 0 Å². The fraction of sp³-hybridized carbons (Fsp3) is 0.0769. The topological polar surface area (TPSA) is 141 Å². The molecule has 0 saturated carbocycles. The van der Waals surface area contributed by atoms with Crippen LogP contribution in [-0.2, 0) is 13.1 Å². The van der Waals surface area contributed by atoms with Gasteiger partial charge < -0.3 is 11.1 Å². The van der Waals surface area contributed by atoms with E-state index in [1.54, 1.807) is 30.9 Å². The second kappa shape index (κ2) is 20.2. The number of rotatable bonds is 8. The van der Waals surface area contributed by atoms with Gasteiger partial charge in [-0.05, 0) is 83.6 Å². The van der Waals surface area contributed by atoms with Crippen LogP contribution in [0.4, 0.5) is 5.82 Å². The summed E-state index contributed by atoms with van der Waals surface area (Å²) < 4.78 is 0. The molecular formula is C52H43ClN10. The lowest BCUT2D eigenvalue weighted by molar-refractivity contribution is 1.07. The number of nitrogens with zero attached hydrogens (tertiary/aromatic N) is 8. The SMILES string of the molecule is Cc1cc(-c2ccc(CN)cc2)ccn1.Cc1cc(-c2ccc(CNc3nccc4nc(-c5ccccc5)cnc34)cc2)ccn1.Clc1nccc2nc(-c3ccccc3)cnc12. The van der Waals surface area contributed by atoms with Gasteiger partial charge in [-0.1, -0.05) is 121 Å². The quantitative estimate of drug-likeness (QED) is 0.142. The molecule has 10 rings (SSSR count). The van der Waals surface area contributed by atoms with E-state index in [2.05, 4.69) is 101 Å². The molecule has 0 atom stereocenters. The van der Waals surface area contributed by atoms with Crippen LogP contribution >= 0.6 is 11.6 Å². The van der Waals surface area contributed by atoms with Crippen LogP contribution in [0.5, 0.6) is 0 Å². The average Bonchev–Trinajstić information content (AvgIpc) is 3.34. The molecule has 0 radical (unpaired) electrons. The van der Waals surface area contributed by atoms with Gasteiger partial charge in [0.1, 0.15) is 11.0 Å². The minimum Gasteiger partial charge on any atom is -0.364 e. The zero-order valence-electron chi connectivity index (χ0n) is 34.8. The van der Waals surface area contributed by atoms with E-state index in [1.165, 1.54) is 27.8 Å². The maximum atomic E-state index is 5.94. The summed E-state index contributed by atoms with van der Waals surface area (Å²) in [6, 6.07) is 48.7. The molecule has 10 aromatic rings. The third-order valence-corrected chi connectivity index (χ3v) is 10.4. The summed E-state index contributed by atoms with van der Waals surface area (Å²) in [7, 11) is 0. The van der Waals surface area contributed by atoms with Crippen molar-refractivity contribution < 1.29 is 0 Å². The predicted molar refractivity (Wildman–Crippen MR) is 255 cm³/mol. The number of hydrogen-bond donors (Lipinski definition) is 2. The lowest BCUT2D eigenvalue weighted by atomic mass is 10.0. The zero-order chi connectivity index (χ0) is 43.4.